The fourth-order valence-corrected chi connectivity index (χ4v) is 2.07. The number of piperidine rings is 1. The van der Waals surface area contributed by atoms with Crippen LogP contribution in [0.15, 0.2) is 0 Å². The summed E-state index contributed by atoms with van der Waals surface area (Å²) in [6.07, 6.45) is 2.26. The van der Waals surface area contributed by atoms with Crippen LogP contribution in [0.25, 0.3) is 0 Å². The number of nitrogens with zero attached hydrogens (tertiary/aromatic N) is 1. The van der Waals surface area contributed by atoms with Crippen molar-refractivity contribution in [3.63, 3.8) is 0 Å². The first-order valence-corrected chi connectivity index (χ1v) is 4.68. The van der Waals surface area contributed by atoms with Crippen LogP contribution >= 0.6 is 15.9 Å². The van der Waals surface area contributed by atoms with E-state index in [1.165, 1.54) is 0 Å². The second kappa shape index (κ2) is 4.07. The van der Waals surface area contributed by atoms with Gasteiger partial charge in [-0.1, -0.05) is 15.9 Å². The number of hydrogen-bond donors (Lipinski definition) is 1. The maximum Gasteiger partial charge on any atom is 0.317 e. The van der Waals surface area contributed by atoms with Crippen LogP contribution < -0.4 is 0 Å². The molecule has 0 aromatic carbocycles. The van der Waals surface area contributed by atoms with E-state index in [0.717, 1.165) is 25.9 Å². The van der Waals surface area contributed by atoms with Crippen LogP contribution in [0.4, 0.5) is 0 Å². The van der Waals surface area contributed by atoms with Gasteiger partial charge < -0.3 is 5.11 Å². The number of carboxylic acids is 1. The van der Waals surface area contributed by atoms with Crippen molar-refractivity contribution in [1.29, 1.82) is 0 Å². The summed E-state index contributed by atoms with van der Waals surface area (Å²) in [5.41, 5.74) is 0. The van der Waals surface area contributed by atoms with Crippen LogP contribution in [0.2, 0.25) is 0 Å². The van der Waals surface area contributed by atoms with Gasteiger partial charge in [0, 0.05) is 11.4 Å². The third-order valence-corrected chi connectivity index (χ3v) is 2.55. The van der Waals surface area contributed by atoms with Gasteiger partial charge in [0.25, 0.3) is 0 Å². The molecule has 1 heterocycles. The van der Waals surface area contributed by atoms with E-state index in [9.17, 15) is 4.79 Å². The molecule has 0 aromatic rings. The molecule has 3 nitrogen and oxygen atoms in total. The summed E-state index contributed by atoms with van der Waals surface area (Å²) in [7, 11) is 0. The van der Waals surface area contributed by atoms with Gasteiger partial charge in [0.1, 0.15) is 0 Å². The minimum atomic E-state index is -0.730. The lowest BCUT2D eigenvalue weighted by Crippen LogP contribution is -2.38. The Balaban J connectivity index is 2.28. The average Bonchev–Trinajstić information content (AvgIpc) is 1.85. The predicted molar refractivity (Wildman–Crippen MR) is 46.0 cm³/mol. The van der Waals surface area contributed by atoms with Gasteiger partial charge in [-0.15, -0.1) is 0 Å². The summed E-state index contributed by atoms with van der Waals surface area (Å²) < 4.78 is 0. The monoisotopic (exact) mass is 221 g/mol. The van der Waals surface area contributed by atoms with E-state index >= 15 is 0 Å². The summed E-state index contributed by atoms with van der Waals surface area (Å²) in [4.78, 5) is 12.8. The Hall–Kier alpha value is -0.0900. The molecule has 0 amide bonds. The van der Waals surface area contributed by atoms with Crippen molar-refractivity contribution in [2.45, 2.75) is 17.7 Å². The van der Waals surface area contributed by atoms with E-state index in [4.69, 9.17) is 5.11 Å². The Morgan fingerprint density at radius 3 is 3.00 bits per heavy atom. The highest BCUT2D eigenvalue weighted by molar-refractivity contribution is 9.09. The molecule has 64 valence electrons. The normalized spacial score (nSPS) is 26.8. The van der Waals surface area contributed by atoms with Gasteiger partial charge in [-0.25, -0.2) is 0 Å². The van der Waals surface area contributed by atoms with Crippen LogP contribution in [0.3, 0.4) is 0 Å². The highest BCUT2D eigenvalue weighted by Crippen LogP contribution is 2.15. The van der Waals surface area contributed by atoms with Crippen LogP contribution in [0, 0.1) is 0 Å². The number of carboxylic acid groups (broad SMARTS) is 1. The van der Waals surface area contributed by atoms with Gasteiger partial charge in [0.2, 0.25) is 0 Å². The number of halogens is 1. The highest BCUT2D eigenvalue weighted by Gasteiger charge is 2.18. The van der Waals surface area contributed by atoms with Crippen LogP contribution in [-0.4, -0.2) is 40.4 Å². The Morgan fingerprint density at radius 2 is 2.45 bits per heavy atom. The molecule has 1 fully saturated rings. The predicted octanol–water partition coefficient (Wildman–Crippen LogP) is 0.930. The van der Waals surface area contributed by atoms with Gasteiger partial charge in [-0.05, 0) is 19.4 Å². The number of aliphatic carboxylic acids is 1. The molecule has 0 saturated carbocycles. The third-order valence-electron chi connectivity index (χ3n) is 1.81. The van der Waals surface area contributed by atoms with Crippen molar-refractivity contribution < 1.29 is 9.90 Å². The first-order valence-electron chi connectivity index (χ1n) is 3.76. The van der Waals surface area contributed by atoms with Crippen LogP contribution in [-0.2, 0) is 4.79 Å². The lowest BCUT2D eigenvalue weighted by Gasteiger charge is -2.28. The molecule has 1 saturated heterocycles. The third kappa shape index (κ3) is 3.20. The zero-order valence-electron chi connectivity index (χ0n) is 6.29. The molecule has 0 aromatic heterocycles. The van der Waals surface area contributed by atoms with Gasteiger partial charge in [-0.3, -0.25) is 9.69 Å². The number of alkyl halides is 1. The fraction of sp³-hybridized carbons (Fsp3) is 0.857. The Morgan fingerprint density at radius 1 is 1.73 bits per heavy atom. The fourth-order valence-electron chi connectivity index (χ4n) is 1.33. The number of carbonyl (C=O) groups is 1. The lowest BCUT2D eigenvalue weighted by molar-refractivity contribution is -0.138. The van der Waals surface area contributed by atoms with Crippen LogP contribution in [0.5, 0.6) is 0 Å². The number of hydrogen-bond acceptors (Lipinski definition) is 2. The second-order valence-corrected chi connectivity index (χ2v) is 4.16. The lowest BCUT2D eigenvalue weighted by atomic mass is 10.1. The minimum Gasteiger partial charge on any atom is -0.480 e. The molecule has 0 bridgehead atoms. The zero-order chi connectivity index (χ0) is 8.27. The maximum atomic E-state index is 10.3. The highest BCUT2D eigenvalue weighted by atomic mass is 79.9. The molecule has 1 aliphatic rings. The van der Waals surface area contributed by atoms with Crippen molar-refractivity contribution in [1.82, 2.24) is 4.90 Å². The minimum absolute atomic E-state index is 0.183. The second-order valence-electron chi connectivity index (χ2n) is 2.87. The van der Waals surface area contributed by atoms with E-state index in [1.54, 1.807) is 0 Å². The number of likely N-dealkylation sites (tertiary alicyclic amines) is 1. The summed E-state index contributed by atoms with van der Waals surface area (Å²) >= 11 is 3.48. The summed E-state index contributed by atoms with van der Waals surface area (Å²) in [6, 6.07) is 0. The molecule has 0 aliphatic carbocycles. The first kappa shape index (κ1) is 9.00. The van der Waals surface area contributed by atoms with Crippen molar-refractivity contribution >= 4 is 21.9 Å². The van der Waals surface area contributed by atoms with E-state index in [-0.39, 0.29) is 6.54 Å². The molecule has 4 heteroatoms. The van der Waals surface area contributed by atoms with Gasteiger partial charge >= 0.3 is 5.97 Å². The SMILES string of the molecule is O=C(O)CN1CCC[C@H](Br)C1. The van der Waals surface area contributed by atoms with E-state index < -0.39 is 5.97 Å². The standard InChI is InChI=1S/C7H12BrNO2/c8-6-2-1-3-9(4-6)5-7(10)11/h6H,1-5H2,(H,10,11)/t6-/m0/s1. The Kier molecular flexibility index (Phi) is 3.33. The summed E-state index contributed by atoms with van der Waals surface area (Å²) in [5, 5.41) is 8.50. The average molecular weight is 222 g/mol. The van der Waals surface area contributed by atoms with Crippen molar-refractivity contribution in [2.75, 3.05) is 19.6 Å². The van der Waals surface area contributed by atoms with Gasteiger partial charge in [0.05, 0.1) is 6.54 Å². The van der Waals surface area contributed by atoms with Crippen LogP contribution in [0.1, 0.15) is 12.8 Å². The smallest absolute Gasteiger partial charge is 0.317 e. The molecule has 11 heavy (non-hydrogen) atoms. The molecule has 1 N–H and O–H groups in total. The summed E-state index contributed by atoms with van der Waals surface area (Å²) in [5.74, 6) is -0.730. The topological polar surface area (TPSA) is 40.5 Å². The molecule has 1 aliphatic heterocycles. The quantitative estimate of drug-likeness (QED) is 0.706. The molecule has 0 spiro atoms. The summed E-state index contributed by atoms with van der Waals surface area (Å²) in [6.45, 7) is 1.98. The maximum absolute atomic E-state index is 10.3. The van der Waals surface area contributed by atoms with Gasteiger partial charge in [0.15, 0.2) is 0 Å². The first-order chi connectivity index (χ1) is 5.18. The molecular weight excluding hydrogens is 210 g/mol. The molecular formula is C7H12BrNO2. The molecule has 1 atom stereocenters. The molecule has 0 unspecified atom stereocenters. The van der Waals surface area contributed by atoms with E-state index in [0.29, 0.717) is 4.83 Å². The largest absolute Gasteiger partial charge is 0.480 e. The van der Waals surface area contributed by atoms with Crippen molar-refractivity contribution in [3.8, 4) is 0 Å². The van der Waals surface area contributed by atoms with Crippen molar-refractivity contribution in [2.24, 2.45) is 0 Å². The number of rotatable bonds is 2. The Bertz CT molecular complexity index is 151. The van der Waals surface area contributed by atoms with E-state index in [2.05, 4.69) is 15.9 Å². The van der Waals surface area contributed by atoms with Crippen molar-refractivity contribution in [3.05, 3.63) is 0 Å². The van der Waals surface area contributed by atoms with Gasteiger partial charge in [-0.2, -0.15) is 0 Å². The van der Waals surface area contributed by atoms with E-state index in [1.807, 2.05) is 4.90 Å². The Labute approximate surface area is 74.5 Å². The molecule has 0 radical (unpaired) electrons. The zero-order valence-corrected chi connectivity index (χ0v) is 7.88. The molecule has 1 rings (SSSR count).